The number of amides is 1. The molecule has 1 unspecified atom stereocenters. The van der Waals surface area contributed by atoms with Crippen LogP contribution in [0.4, 0.5) is 0 Å². The Morgan fingerprint density at radius 2 is 2.15 bits per heavy atom. The molecule has 0 aliphatic rings. The van der Waals surface area contributed by atoms with Crippen molar-refractivity contribution in [2.24, 2.45) is 5.92 Å². The number of carbonyl (C=O) groups excluding carboxylic acids is 1. The third kappa shape index (κ3) is 4.63. The maximum Gasteiger partial charge on any atom is 0.269 e. The van der Waals surface area contributed by atoms with E-state index in [2.05, 4.69) is 17.3 Å². The summed E-state index contributed by atoms with van der Waals surface area (Å²) in [4.78, 5) is 12.2. The van der Waals surface area contributed by atoms with Crippen molar-refractivity contribution in [3.05, 3.63) is 17.5 Å². The molecule has 1 rings (SSSR count). The van der Waals surface area contributed by atoms with Gasteiger partial charge in [0.1, 0.15) is 5.69 Å². The van der Waals surface area contributed by atoms with Gasteiger partial charge >= 0.3 is 0 Å². The Hall–Kier alpha value is -1.36. The van der Waals surface area contributed by atoms with Gasteiger partial charge in [0.2, 0.25) is 0 Å². The quantitative estimate of drug-likeness (QED) is 0.727. The maximum absolute atomic E-state index is 12.2. The first-order chi connectivity index (χ1) is 9.65. The van der Waals surface area contributed by atoms with E-state index in [0.29, 0.717) is 24.7 Å². The molecule has 1 aromatic rings. The summed E-state index contributed by atoms with van der Waals surface area (Å²) < 4.78 is 1.75. The van der Waals surface area contributed by atoms with Crippen molar-refractivity contribution in [2.45, 2.75) is 53.0 Å². The van der Waals surface area contributed by atoms with Gasteiger partial charge in [-0.1, -0.05) is 20.3 Å². The second kappa shape index (κ2) is 8.74. The molecule has 0 spiro atoms. The van der Waals surface area contributed by atoms with Gasteiger partial charge < -0.3 is 10.4 Å². The average molecular weight is 281 g/mol. The normalized spacial score (nSPS) is 12.4. The number of nitrogens with one attached hydrogen (secondary N) is 1. The van der Waals surface area contributed by atoms with E-state index in [4.69, 9.17) is 5.11 Å². The first-order valence-corrected chi connectivity index (χ1v) is 7.61. The predicted octanol–water partition coefficient (Wildman–Crippen LogP) is 1.99. The zero-order chi connectivity index (χ0) is 15.0. The second-order valence-electron chi connectivity index (χ2n) is 5.07. The van der Waals surface area contributed by atoms with E-state index in [9.17, 15) is 4.79 Å². The number of aliphatic hydroxyl groups excluding tert-OH is 1. The molecule has 1 amide bonds. The highest BCUT2D eigenvalue weighted by Gasteiger charge is 2.15. The summed E-state index contributed by atoms with van der Waals surface area (Å²) >= 11 is 0. The van der Waals surface area contributed by atoms with E-state index >= 15 is 0 Å². The van der Waals surface area contributed by atoms with Crippen LogP contribution in [0, 0.1) is 5.92 Å². The highest BCUT2D eigenvalue weighted by molar-refractivity contribution is 5.92. The molecular formula is C15H27N3O2. The highest BCUT2D eigenvalue weighted by Crippen LogP contribution is 2.10. The lowest BCUT2D eigenvalue weighted by molar-refractivity contribution is 0.0932. The number of nitrogens with zero attached hydrogens (tertiary/aromatic N) is 2. The van der Waals surface area contributed by atoms with Crippen molar-refractivity contribution < 1.29 is 9.90 Å². The van der Waals surface area contributed by atoms with Gasteiger partial charge in [0, 0.05) is 19.7 Å². The molecule has 0 fully saturated rings. The van der Waals surface area contributed by atoms with Gasteiger partial charge in [0.25, 0.3) is 5.91 Å². The minimum Gasteiger partial charge on any atom is -0.396 e. The monoisotopic (exact) mass is 281 g/mol. The summed E-state index contributed by atoms with van der Waals surface area (Å²) in [7, 11) is 0. The molecule has 5 heteroatoms. The first-order valence-electron chi connectivity index (χ1n) is 7.61. The number of aryl methyl sites for hydroxylation is 2. The minimum absolute atomic E-state index is 0.0712. The van der Waals surface area contributed by atoms with Crippen molar-refractivity contribution in [3.63, 3.8) is 0 Å². The van der Waals surface area contributed by atoms with Crippen molar-refractivity contribution in [1.82, 2.24) is 15.1 Å². The van der Waals surface area contributed by atoms with Gasteiger partial charge in [0.15, 0.2) is 0 Å². The summed E-state index contributed by atoms with van der Waals surface area (Å²) in [5, 5.41) is 16.4. The lowest BCUT2D eigenvalue weighted by Gasteiger charge is -2.15. The molecule has 0 bridgehead atoms. The van der Waals surface area contributed by atoms with Crippen LogP contribution in [-0.2, 0) is 13.0 Å². The fourth-order valence-electron chi connectivity index (χ4n) is 2.33. The molecule has 5 nitrogen and oxygen atoms in total. The highest BCUT2D eigenvalue weighted by atomic mass is 16.3. The number of hydrogen-bond donors (Lipinski definition) is 2. The Morgan fingerprint density at radius 1 is 1.40 bits per heavy atom. The molecule has 0 saturated heterocycles. The van der Waals surface area contributed by atoms with Crippen LogP contribution in [0.2, 0.25) is 0 Å². The van der Waals surface area contributed by atoms with Crippen LogP contribution in [0.25, 0.3) is 0 Å². The van der Waals surface area contributed by atoms with E-state index in [-0.39, 0.29) is 12.5 Å². The average Bonchev–Trinajstić information content (AvgIpc) is 2.88. The Balaban J connectivity index is 2.63. The summed E-state index contributed by atoms with van der Waals surface area (Å²) in [6.07, 6.45) is 3.65. The second-order valence-corrected chi connectivity index (χ2v) is 5.07. The van der Waals surface area contributed by atoms with E-state index in [1.165, 1.54) is 0 Å². The Morgan fingerprint density at radius 3 is 2.70 bits per heavy atom. The predicted molar refractivity (Wildman–Crippen MR) is 79.7 cm³/mol. The Kier molecular flexibility index (Phi) is 7.30. The number of hydrogen-bond acceptors (Lipinski definition) is 3. The third-order valence-electron chi connectivity index (χ3n) is 3.51. The molecular weight excluding hydrogens is 254 g/mol. The molecule has 20 heavy (non-hydrogen) atoms. The van der Waals surface area contributed by atoms with Gasteiger partial charge in [-0.15, -0.1) is 0 Å². The van der Waals surface area contributed by atoms with Crippen molar-refractivity contribution in [1.29, 1.82) is 0 Å². The number of rotatable bonds is 9. The summed E-state index contributed by atoms with van der Waals surface area (Å²) in [6.45, 7) is 7.61. The molecule has 1 heterocycles. The summed E-state index contributed by atoms with van der Waals surface area (Å²) in [6, 6.07) is 1.86. The van der Waals surface area contributed by atoms with Crippen LogP contribution in [0.3, 0.4) is 0 Å². The van der Waals surface area contributed by atoms with Gasteiger partial charge in [-0.3, -0.25) is 9.48 Å². The summed E-state index contributed by atoms with van der Waals surface area (Å²) in [5.74, 6) is 0.274. The fraction of sp³-hybridized carbons (Fsp3) is 0.733. The maximum atomic E-state index is 12.2. The number of carbonyl (C=O) groups is 1. The molecule has 0 radical (unpaired) electrons. The summed E-state index contributed by atoms with van der Waals surface area (Å²) in [5.41, 5.74) is 1.57. The van der Waals surface area contributed by atoms with E-state index in [1.54, 1.807) is 4.68 Å². The number of aromatic nitrogens is 2. The fourth-order valence-corrected chi connectivity index (χ4v) is 2.33. The smallest absolute Gasteiger partial charge is 0.269 e. The van der Waals surface area contributed by atoms with E-state index < -0.39 is 0 Å². The Labute approximate surface area is 121 Å². The molecule has 1 aromatic heterocycles. The largest absolute Gasteiger partial charge is 0.396 e. The molecule has 114 valence electrons. The Bertz CT molecular complexity index is 409. The first kappa shape index (κ1) is 16.7. The zero-order valence-electron chi connectivity index (χ0n) is 12.9. The number of aliphatic hydroxyl groups is 1. The molecule has 1 atom stereocenters. The van der Waals surface area contributed by atoms with Crippen LogP contribution in [0.1, 0.15) is 56.2 Å². The van der Waals surface area contributed by atoms with Crippen molar-refractivity contribution >= 4 is 5.91 Å². The van der Waals surface area contributed by atoms with Crippen LogP contribution in [0.5, 0.6) is 0 Å². The molecule has 2 N–H and O–H groups in total. The van der Waals surface area contributed by atoms with Gasteiger partial charge in [-0.2, -0.15) is 5.10 Å². The SMILES string of the molecule is CCCC(CCO)CNC(=O)c1cc(CC)nn1CC. The molecule has 0 aliphatic carbocycles. The third-order valence-corrected chi connectivity index (χ3v) is 3.51. The molecule has 0 saturated carbocycles. The van der Waals surface area contributed by atoms with Crippen molar-refractivity contribution in [3.8, 4) is 0 Å². The van der Waals surface area contributed by atoms with Crippen LogP contribution >= 0.6 is 0 Å². The van der Waals surface area contributed by atoms with Gasteiger partial charge in [-0.05, 0) is 38.2 Å². The van der Waals surface area contributed by atoms with Crippen molar-refractivity contribution in [2.75, 3.05) is 13.2 Å². The lowest BCUT2D eigenvalue weighted by atomic mass is 10.0. The minimum atomic E-state index is -0.0712. The lowest BCUT2D eigenvalue weighted by Crippen LogP contribution is -2.31. The van der Waals surface area contributed by atoms with Crippen LogP contribution in [0.15, 0.2) is 6.07 Å². The van der Waals surface area contributed by atoms with E-state index in [1.807, 2.05) is 19.9 Å². The topological polar surface area (TPSA) is 67.2 Å². The standard InChI is InChI=1S/C15H27N3O2/c1-4-7-12(8-9-19)11-16-15(20)14-10-13(5-2)17-18(14)6-3/h10,12,19H,4-9,11H2,1-3H3,(H,16,20). The van der Waals surface area contributed by atoms with E-state index in [0.717, 1.165) is 31.4 Å². The van der Waals surface area contributed by atoms with Crippen LogP contribution in [-0.4, -0.2) is 33.9 Å². The zero-order valence-corrected chi connectivity index (χ0v) is 12.9. The van der Waals surface area contributed by atoms with Gasteiger partial charge in [-0.25, -0.2) is 0 Å². The molecule has 0 aliphatic heterocycles. The van der Waals surface area contributed by atoms with Gasteiger partial charge in [0.05, 0.1) is 5.69 Å². The molecule has 0 aromatic carbocycles. The van der Waals surface area contributed by atoms with Crippen LogP contribution < -0.4 is 5.32 Å².